The molecule has 3 rings (SSSR count). The van der Waals surface area contributed by atoms with Crippen LogP contribution in [0.4, 0.5) is 5.69 Å². The summed E-state index contributed by atoms with van der Waals surface area (Å²) in [5.74, 6) is -0.562. The van der Waals surface area contributed by atoms with E-state index in [9.17, 15) is 22.8 Å². The van der Waals surface area contributed by atoms with Gasteiger partial charge in [-0.05, 0) is 24.3 Å². The number of para-hydroxylation sites is 1. The van der Waals surface area contributed by atoms with Gasteiger partial charge in [-0.2, -0.15) is 0 Å². The van der Waals surface area contributed by atoms with Crippen LogP contribution in [0.5, 0.6) is 0 Å². The Morgan fingerprint density at radius 3 is 2.39 bits per heavy atom. The van der Waals surface area contributed by atoms with Gasteiger partial charge in [0.25, 0.3) is 11.1 Å². The number of sulfone groups is 1. The number of nitrogens with one attached hydrogen (secondary N) is 2. The van der Waals surface area contributed by atoms with Crippen molar-refractivity contribution in [3.8, 4) is 0 Å². The van der Waals surface area contributed by atoms with Gasteiger partial charge in [-0.25, -0.2) is 13.1 Å². The van der Waals surface area contributed by atoms with Crippen molar-refractivity contribution in [2.24, 2.45) is 0 Å². The van der Waals surface area contributed by atoms with Crippen molar-refractivity contribution in [2.45, 2.75) is 24.8 Å². The van der Waals surface area contributed by atoms with Crippen LogP contribution in [-0.4, -0.2) is 29.9 Å². The minimum atomic E-state index is -3.50. The molecule has 3 aromatic rings. The Balaban J connectivity index is 1.80. The molecule has 28 heavy (non-hydrogen) atoms. The minimum Gasteiger partial charge on any atom is -0.325 e. The van der Waals surface area contributed by atoms with Gasteiger partial charge in [0, 0.05) is 6.42 Å². The number of fused-ring (bicyclic) bond motifs is 1. The molecule has 1 heterocycles. The van der Waals surface area contributed by atoms with Gasteiger partial charge >= 0.3 is 0 Å². The van der Waals surface area contributed by atoms with E-state index in [0.717, 1.165) is 4.68 Å². The molecule has 0 bridgehead atoms. The van der Waals surface area contributed by atoms with E-state index in [4.69, 9.17) is 0 Å². The van der Waals surface area contributed by atoms with Crippen LogP contribution < -0.4 is 16.4 Å². The topological polar surface area (TPSA) is 118 Å². The Bertz CT molecular complexity index is 1260. The summed E-state index contributed by atoms with van der Waals surface area (Å²) < 4.78 is 25.4. The number of hydrogen-bond acceptors (Lipinski definition) is 5. The molecule has 0 aliphatic rings. The molecule has 0 aliphatic carbocycles. The number of nitrogens with zero attached hydrogens (tertiary/aromatic N) is 1. The average Bonchev–Trinajstić information content (AvgIpc) is 2.70. The number of H-pyrrole nitrogens is 1. The molecule has 0 aliphatic heterocycles. The number of amides is 1. The van der Waals surface area contributed by atoms with Gasteiger partial charge in [0.2, 0.25) is 5.91 Å². The SMILES string of the molecule is CCS(=O)(=O)c1ccccc1NC(=O)CCn1[nH]c(=O)c2ccccc2c1=O. The number of carbonyl (C=O) groups is 1. The third kappa shape index (κ3) is 3.89. The molecule has 0 radical (unpaired) electrons. The maximum atomic E-state index is 12.5. The molecule has 0 saturated heterocycles. The van der Waals surface area contributed by atoms with Crippen molar-refractivity contribution >= 4 is 32.2 Å². The van der Waals surface area contributed by atoms with Gasteiger partial charge in [0.1, 0.15) is 0 Å². The summed E-state index contributed by atoms with van der Waals surface area (Å²) in [5, 5.41) is 5.58. The lowest BCUT2D eigenvalue weighted by atomic mass is 10.2. The van der Waals surface area contributed by atoms with Gasteiger partial charge < -0.3 is 5.32 Å². The Kier molecular flexibility index (Phi) is 5.46. The summed E-state index contributed by atoms with van der Waals surface area (Å²) in [4.78, 5) is 36.9. The smallest absolute Gasteiger partial charge is 0.273 e. The molecule has 8 nitrogen and oxygen atoms in total. The van der Waals surface area contributed by atoms with Crippen LogP contribution in [0.25, 0.3) is 10.8 Å². The highest BCUT2D eigenvalue weighted by atomic mass is 32.2. The Morgan fingerprint density at radius 2 is 1.68 bits per heavy atom. The van der Waals surface area contributed by atoms with Crippen molar-refractivity contribution in [1.82, 2.24) is 9.78 Å². The lowest BCUT2D eigenvalue weighted by Crippen LogP contribution is -2.31. The van der Waals surface area contributed by atoms with E-state index in [1.807, 2.05) is 0 Å². The maximum Gasteiger partial charge on any atom is 0.273 e. The lowest BCUT2D eigenvalue weighted by molar-refractivity contribution is -0.116. The van der Waals surface area contributed by atoms with E-state index in [-0.39, 0.29) is 40.1 Å². The standard InChI is InChI=1S/C19H19N3O5S/c1-2-28(26,27)16-10-6-5-9-15(16)20-17(23)11-12-22-19(25)14-8-4-3-7-13(14)18(24)21-22/h3-10H,2,11-12H2,1H3,(H,20,23)(H,21,24). The summed E-state index contributed by atoms with van der Waals surface area (Å²) in [6, 6.07) is 12.6. The molecule has 0 atom stereocenters. The second-order valence-corrected chi connectivity index (χ2v) is 8.39. The molecule has 0 unspecified atom stereocenters. The second kappa shape index (κ2) is 7.81. The van der Waals surface area contributed by atoms with E-state index in [1.165, 1.54) is 19.1 Å². The maximum absolute atomic E-state index is 12.5. The van der Waals surface area contributed by atoms with E-state index >= 15 is 0 Å². The lowest BCUT2D eigenvalue weighted by Gasteiger charge is -2.11. The summed E-state index contributed by atoms with van der Waals surface area (Å²) in [6.45, 7) is 1.48. The predicted molar refractivity (Wildman–Crippen MR) is 106 cm³/mol. The molecule has 2 aromatic carbocycles. The first-order valence-electron chi connectivity index (χ1n) is 8.67. The largest absolute Gasteiger partial charge is 0.325 e. The number of carbonyl (C=O) groups excluding carboxylic acids is 1. The highest BCUT2D eigenvalue weighted by Gasteiger charge is 2.17. The number of aromatic amines is 1. The molecule has 0 spiro atoms. The number of aromatic nitrogens is 2. The molecule has 0 fully saturated rings. The molecule has 9 heteroatoms. The van der Waals surface area contributed by atoms with Crippen LogP contribution in [0.3, 0.4) is 0 Å². The van der Waals surface area contributed by atoms with Gasteiger partial charge in [-0.3, -0.25) is 19.5 Å². The van der Waals surface area contributed by atoms with Crippen molar-refractivity contribution in [1.29, 1.82) is 0 Å². The van der Waals surface area contributed by atoms with Crippen LogP contribution in [-0.2, 0) is 21.2 Å². The normalized spacial score (nSPS) is 11.5. The zero-order valence-electron chi connectivity index (χ0n) is 15.1. The molecule has 1 aromatic heterocycles. The third-order valence-corrected chi connectivity index (χ3v) is 6.11. The van der Waals surface area contributed by atoms with Crippen molar-refractivity contribution in [2.75, 3.05) is 11.1 Å². The van der Waals surface area contributed by atoms with Crippen LogP contribution >= 0.6 is 0 Å². The van der Waals surface area contributed by atoms with Crippen LogP contribution in [0, 0.1) is 0 Å². The second-order valence-electron chi connectivity index (χ2n) is 6.14. The zero-order valence-corrected chi connectivity index (χ0v) is 16.0. The van der Waals surface area contributed by atoms with Crippen molar-refractivity contribution in [3.63, 3.8) is 0 Å². The van der Waals surface area contributed by atoms with Crippen LogP contribution in [0.1, 0.15) is 13.3 Å². The van der Waals surface area contributed by atoms with Crippen molar-refractivity contribution in [3.05, 3.63) is 69.2 Å². The first-order valence-corrected chi connectivity index (χ1v) is 10.3. The van der Waals surface area contributed by atoms with Gasteiger partial charge in [-0.1, -0.05) is 31.2 Å². The van der Waals surface area contributed by atoms with E-state index in [2.05, 4.69) is 10.4 Å². The summed E-state index contributed by atoms with van der Waals surface area (Å²) >= 11 is 0. The summed E-state index contributed by atoms with van der Waals surface area (Å²) in [7, 11) is -3.50. The fourth-order valence-corrected chi connectivity index (χ4v) is 3.88. The number of hydrogen-bond donors (Lipinski definition) is 2. The average molecular weight is 401 g/mol. The fourth-order valence-electron chi connectivity index (χ4n) is 2.83. The number of benzene rings is 2. The summed E-state index contributed by atoms with van der Waals surface area (Å²) in [6.07, 6.45) is -0.116. The van der Waals surface area contributed by atoms with Gasteiger partial charge in [0.15, 0.2) is 9.84 Å². The highest BCUT2D eigenvalue weighted by molar-refractivity contribution is 7.91. The Morgan fingerprint density at radius 1 is 1.04 bits per heavy atom. The Hall–Kier alpha value is -3.20. The van der Waals surface area contributed by atoms with Crippen LogP contribution in [0.15, 0.2) is 63.0 Å². The highest BCUT2D eigenvalue weighted by Crippen LogP contribution is 2.22. The van der Waals surface area contributed by atoms with Crippen molar-refractivity contribution < 1.29 is 13.2 Å². The summed E-state index contributed by atoms with van der Waals surface area (Å²) in [5.41, 5.74) is -0.638. The van der Waals surface area contributed by atoms with Gasteiger partial charge in [-0.15, -0.1) is 0 Å². The number of rotatable bonds is 6. The molecule has 0 saturated carbocycles. The molecule has 146 valence electrons. The molecule has 2 N–H and O–H groups in total. The zero-order chi connectivity index (χ0) is 20.3. The fraction of sp³-hybridized carbons (Fsp3) is 0.211. The van der Waals surface area contributed by atoms with Gasteiger partial charge in [0.05, 0.1) is 33.7 Å². The molecular weight excluding hydrogens is 382 g/mol. The molecular formula is C19H19N3O5S. The quantitative estimate of drug-likeness (QED) is 0.649. The van der Waals surface area contributed by atoms with Crippen LogP contribution in [0.2, 0.25) is 0 Å². The first kappa shape index (κ1) is 19.6. The number of aryl methyl sites for hydroxylation is 1. The first-order chi connectivity index (χ1) is 13.3. The molecule has 1 amide bonds. The Labute approximate surface area is 160 Å². The van der Waals surface area contributed by atoms with E-state index in [1.54, 1.807) is 36.4 Å². The predicted octanol–water partition coefficient (Wildman–Crippen LogP) is 1.51. The third-order valence-electron chi connectivity index (χ3n) is 4.32. The van der Waals surface area contributed by atoms with E-state index < -0.39 is 26.9 Å². The number of anilines is 1. The minimum absolute atomic E-state index is 0.0436. The van der Waals surface area contributed by atoms with E-state index in [0.29, 0.717) is 0 Å². The monoisotopic (exact) mass is 401 g/mol.